The molecular weight excluding hydrogens is 280 g/mol. The molecule has 2 amide bonds. The Morgan fingerprint density at radius 1 is 1.18 bits per heavy atom. The quantitative estimate of drug-likeness (QED) is 0.799. The zero-order valence-corrected chi connectivity index (χ0v) is 13.3. The lowest BCUT2D eigenvalue weighted by atomic mass is 9.98. The number of morpholine rings is 2. The van der Waals surface area contributed by atoms with E-state index in [1.165, 1.54) is 0 Å². The second kappa shape index (κ2) is 6.26. The molecule has 2 heterocycles. The van der Waals surface area contributed by atoms with Gasteiger partial charge in [-0.3, -0.25) is 0 Å². The smallest absolute Gasteiger partial charge is 0.320 e. The molecule has 0 aliphatic carbocycles. The van der Waals surface area contributed by atoms with Gasteiger partial charge in [0.1, 0.15) is 6.10 Å². The number of rotatable bonds is 1. The van der Waals surface area contributed by atoms with E-state index < -0.39 is 0 Å². The summed E-state index contributed by atoms with van der Waals surface area (Å²) in [6, 6.07) is 10.2. The fraction of sp³-hybridized carbons (Fsp3) is 0.588. The van der Waals surface area contributed by atoms with Gasteiger partial charge < -0.3 is 19.3 Å². The normalized spacial score (nSPS) is 25.1. The summed E-state index contributed by atoms with van der Waals surface area (Å²) in [7, 11) is 0. The third kappa shape index (κ3) is 3.10. The van der Waals surface area contributed by atoms with Crippen LogP contribution in [0.3, 0.4) is 0 Å². The molecule has 120 valence electrons. The van der Waals surface area contributed by atoms with E-state index >= 15 is 0 Å². The molecule has 5 nitrogen and oxygen atoms in total. The van der Waals surface area contributed by atoms with Crippen molar-refractivity contribution < 1.29 is 14.3 Å². The van der Waals surface area contributed by atoms with Crippen molar-refractivity contribution in [1.82, 2.24) is 9.80 Å². The van der Waals surface area contributed by atoms with Gasteiger partial charge in [-0.2, -0.15) is 0 Å². The highest BCUT2D eigenvalue weighted by Gasteiger charge is 2.40. The van der Waals surface area contributed by atoms with Crippen LogP contribution in [0.25, 0.3) is 0 Å². The second-order valence-electron chi connectivity index (χ2n) is 6.52. The first-order chi connectivity index (χ1) is 10.6. The molecule has 1 atom stereocenters. The van der Waals surface area contributed by atoms with Crippen molar-refractivity contribution in [3.05, 3.63) is 35.9 Å². The maximum atomic E-state index is 12.9. The summed E-state index contributed by atoms with van der Waals surface area (Å²) >= 11 is 0. The maximum Gasteiger partial charge on any atom is 0.320 e. The molecule has 2 aliphatic heterocycles. The van der Waals surface area contributed by atoms with Crippen molar-refractivity contribution in [2.45, 2.75) is 25.5 Å². The van der Waals surface area contributed by atoms with Crippen LogP contribution in [0.4, 0.5) is 4.79 Å². The number of urea groups is 1. The van der Waals surface area contributed by atoms with Crippen LogP contribution in [0.1, 0.15) is 25.5 Å². The van der Waals surface area contributed by atoms with Gasteiger partial charge in [0, 0.05) is 13.1 Å². The van der Waals surface area contributed by atoms with Crippen LogP contribution >= 0.6 is 0 Å². The lowest BCUT2D eigenvalue weighted by Crippen LogP contribution is -2.60. The molecular formula is C17H24N2O3. The fourth-order valence-corrected chi connectivity index (χ4v) is 2.98. The number of amides is 2. The van der Waals surface area contributed by atoms with Gasteiger partial charge in [-0.25, -0.2) is 4.79 Å². The highest BCUT2D eigenvalue weighted by Crippen LogP contribution is 2.31. The van der Waals surface area contributed by atoms with Gasteiger partial charge in [0.25, 0.3) is 0 Å². The molecule has 1 unspecified atom stereocenters. The zero-order chi connectivity index (χ0) is 15.6. The van der Waals surface area contributed by atoms with Crippen molar-refractivity contribution in [3.63, 3.8) is 0 Å². The van der Waals surface area contributed by atoms with E-state index in [2.05, 4.69) is 26.0 Å². The molecule has 0 radical (unpaired) electrons. The molecule has 0 spiro atoms. The Morgan fingerprint density at radius 2 is 1.86 bits per heavy atom. The third-order valence-corrected chi connectivity index (χ3v) is 4.40. The van der Waals surface area contributed by atoms with Crippen molar-refractivity contribution in [2.24, 2.45) is 0 Å². The van der Waals surface area contributed by atoms with E-state index in [-0.39, 0.29) is 17.7 Å². The van der Waals surface area contributed by atoms with Crippen LogP contribution in [0.2, 0.25) is 0 Å². The summed E-state index contributed by atoms with van der Waals surface area (Å²) in [6.07, 6.45) is -0.0563. The molecule has 3 rings (SSSR count). The number of hydrogen-bond acceptors (Lipinski definition) is 3. The molecule has 5 heteroatoms. The van der Waals surface area contributed by atoms with Gasteiger partial charge in [0.05, 0.1) is 31.9 Å². The van der Waals surface area contributed by atoms with E-state index in [1.54, 1.807) is 0 Å². The van der Waals surface area contributed by atoms with Gasteiger partial charge in [-0.05, 0) is 19.4 Å². The monoisotopic (exact) mass is 304 g/mol. The standard InChI is InChI=1S/C17H24N2O3/c1-17(2)13-22-15(14-6-4-3-5-7-14)12-19(17)16(20)18-8-10-21-11-9-18/h3-7,15H,8-13H2,1-2H3. The molecule has 1 aromatic rings. The molecule has 2 aliphatic rings. The Hall–Kier alpha value is -1.59. The summed E-state index contributed by atoms with van der Waals surface area (Å²) < 4.78 is 11.4. The summed E-state index contributed by atoms with van der Waals surface area (Å²) in [6.45, 7) is 7.84. The first kappa shape index (κ1) is 15.3. The lowest BCUT2D eigenvalue weighted by molar-refractivity contribution is -0.0878. The second-order valence-corrected chi connectivity index (χ2v) is 6.52. The topological polar surface area (TPSA) is 42.0 Å². The molecule has 0 N–H and O–H groups in total. The van der Waals surface area contributed by atoms with Crippen molar-refractivity contribution in [1.29, 1.82) is 0 Å². The van der Waals surface area contributed by atoms with Crippen molar-refractivity contribution in [3.8, 4) is 0 Å². The average molecular weight is 304 g/mol. The van der Waals surface area contributed by atoms with E-state index in [9.17, 15) is 4.79 Å². The van der Waals surface area contributed by atoms with Crippen molar-refractivity contribution >= 4 is 6.03 Å². The van der Waals surface area contributed by atoms with Crippen molar-refractivity contribution in [2.75, 3.05) is 39.5 Å². The van der Waals surface area contributed by atoms with Crippen LogP contribution in [-0.2, 0) is 9.47 Å². The molecule has 2 fully saturated rings. The first-order valence-electron chi connectivity index (χ1n) is 7.89. The van der Waals surface area contributed by atoms with E-state index in [1.807, 2.05) is 28.0 Å². The minimum atomic E-state index is -0.291. The van der Waals surface area contributed by atoms with Crippen LogP contribution in [0, 0.1) is 0 Å². The zero-order valence-electron chi connectivity index (χ0n) is 13.3. The molecule has 1 aromatic carbocycles. The van der Waals surface area contributed by atoms with Crippen LogP contribution < -0.4 is 0 Å². The molecule has 2 saturated heterocycles. The van der Waals surface area contributed by atoms with Gasteiger partial charge in [-0.15, -0.1) is 0 Å². The predicted molar refractivity (Wildman–Crippen MR) is 83.7 cm³/mol. The molecule has 0 aromatic heterocycles. The van der Waals surface area contributed by atoms with Crippen LogP contribution in [0.5, 0.6) is 0 Å². The van der Waals surface area contributed by atoms with Gasteiger partial charge in [0.15, 0.2) is 0 Å². The van der Waals surface area contributed by atoms with Crippen LogP contribution in [-0.4, -0.2) is 60.8 Å². The largest absolute Gasteiger partial charge is 0.378 e. The van der Waals surface area contributed by atoms with Gasteiger partial charge >= 0.3 is 6.03 Å². The van der Waals surface area contributed by atoms with Crippen LogP contribution in [0.15, 0.2) is 30.3 Å². The fourth-order valence-electron chi connectivity index (χ4n) is 2.98. The Morgan fingerprint density at radius 3 is 2.55 bits per heavy atom. The van der Waals surface area contributed by atoms with E-state index in [4.69, 9.17) is 9.47 Å². The summed E-state index contributed by atoms with van der Waals surface area (Å²) in [5.74, 6) is 0. The number of carbonyl (C=O) groups excluding carboxylic acids is 1. The number of hydrogen-bond donors (Lipinski definition) is 0. The minimum absolute atomic E-state index is 0.0563. The number of carbonyl (C=O) groups is 1. The average Bonchev–Trinajstić information content (AvgIpc) is 2.56. The lowest BCUT2D eigenvalue weighted by Gasteiger charge is -2.47. The molecule has 0 saturated carbocycles. The first-order valence-corrected chi connectivity index (χ1v) is 7.89. The SMILES string of the molecule is CC1(C)COC(c2ccccc2)CN1C(=O)N1CCOCC1. The maximum absolute atomic E-state index is 12.9. The number of benzene rings is 1. The minimum Gasteiger partial charge on any atom is -0.378 e. The Kier molecular flexibility index (Phi) is 4.36. The summed E-state index contributed by atoms with van der Waals surface area (Å²) in [5.41, 5.74) is 0.832. The summed E-state index contributed by atoms with van der Waals surface area (Å²) in [4.78, 5) is 16.7. The van der Waals surface area contributed by atoms with Gasteiger partial charge in [0.2, 0.25) is 0 Å². The van der Waals surface area contributed by atoms with E-state index in [0.717, 1.165) is 5.56 Å². The third-order valence-electron chi connectivity index (χ3n) is 4.40. The Bertz CT molecular complexity index is 512. The van der Waals surface area contributed by atoms with Gasteiger partial charge in [-0.1, -0.05) is 30.3 Å². The number of ether oxygens (including phenoxy) is 2. The van der Waals surface area contributed by atoms with E-state index in [0.29, 0.717) is 39.5 Å². The predicted octanol–water partition coefficient (Wildman–Crippen LogP) is 2.29. The Balaban J connectivity index is 1.76. The Labute approximate surface area is 131 Å². The summed E-state index contributed by atoms with van der Waals surface area (Å²) in [5, 5.41) is 0. The molecule has 22 heavy (non-hydrogen) atoms. The highest BCUT2D eigenvalue weighted by atomic mass is 16.5. The number of nitrogens with zero attached hydrogens (tertiary/aromatic N) is 2. The molecule has 0 bridgehead atoms. The highest BCUT2D eigenvalue weighted by molar-refractivity contribution is 5.75.